The first-order valence-corrected chi connectivity index (χ1v) is 6.28. The number of alkyl halides is 3. The molecule has 0 bridgehead atoms. The van der Waals surface area contributed by atoms with Crippen molar-refractivity contribution in [3.05, 3.63) is 29.8 Å². The van der Waals surface area contributed by atoms with Gasteiger partial charge in [-0.1, -0.05) is 5.16 Å². The standard InChI is InChI=1S/C13H13F3N2O2/c14-13(15,16)19-10-3-1-9(2-4-10)11-7-12(20-18-11)5-6-17-8-12/h1-4,17H,5-8H2. The third-order valence-electron chi connectivity index (χ3n) is 3.46. The average Bonchev–Trinajstić information content (AvgIpc) is 3.00. The van der Waals surface area contributed by atoms with Gasteiger partial charge in [0.05, 0.1) is 5.71 Å². The lowest BCUT2D eigenvalue weighted by Crippen LogP contribution is -2.31. The molecule has 1 aromatic rings. The van der Waals surface area contributed by atoms with Crippen molar-refractivity contribution in [3.8, 4) is 5.75 Å². The van der Waals surface area contributed by atoms with Crippen molar-refractivity contribution in [2.75, 3.05) is 13.1 Å². The minimum atomic E-state index is -4.67. The van der Waals surface area contributed by atoms with Crippen molar-refractivity contribution >= 4 is 5.71 Å². The van der Waals surface area contributed by atoms with Crippen LogP contribution in [0.4, 0.5) is 13.2 Å². The van der Waals surface area contributed by atoms with Crippen LogP contribution < -0.4 is 10.1 Å². The molecule has 4 nitrogen and oxygen atoms in total. The molecule has 1 aromatic carbocycles. The van der Waals surface area contributed by atoms with Gasteiger partial charge in [0.2, 0.25) is 0 Å². The van der Waals surface area contributed by atoms with E-state index in [9.17, 15) is 13.2 Å². The molecule has 0 aromatic heterocycles. The molecule has 0 amide bonds. The summed E-state index contributed by atoms with van der Waals surface area (Å²) in [6, 6.07) is 5.68. The highest BCUT2D eigenvalue weighted by atomic mass is 19.4. The van der Waals surface area contributed by atoms with Gasteiger partial charge in [0.15, 0.2) is 5.60 Å². The van der Waals surface area contributed by atoms with E-state index in [4.69, 9.17) is 4.84 Å². The second kappa shape index (κ2) is 4.66. The van der Waals surface area contributed by atoms with E-state index < -0.39 is 6.36 Å². The molecule has 1 spiro atoms. The summed E-state index contributed by atoms with van der Waals surface area (Å²) in [6.07, 6.45) is -3.12. The van der Waals surface area contributed by atoms with Gasteiger partial charge < -0.3 is 14.9 Å². The SMILES string of the molecule is FC(F)(F)Oc1ccc(C2=NOC3(CCNC3)C2)cc1. The Morgan fingerprint density at radius 1 is 1.25 bits per heavy atom. The van der Waals surface area contributed by atoms with E-state index in [1.807, 2.05) is 0 Å². The van der Waals surface area contributed by atoms with Gasteiger partial charge in [-0.25, -0.2) is 0 Å². The molecule has 2 aliphatic heterocycles. The summed E-state index contributed by atoms with van der Waals surface area (Å²) in [4.78, 5) is 5.49. The molecule has 1 fully saturated rings. The molecule has 108 valence electrons. The molecule has 20 heavy (non-hydrogen) atoms. The van der Waals surface area contributed by atoms with E-state index in [-0.39, 0.29) is 11.4 Å². The molecular formula is C13H13F3N2O2. The molecular weight excluding hydrogens is 273 g/mol. The maximum atomic E-state index is 12.1. The summed E-state index contributed by atoms with van der Waals surface area (Å²) in [7, 11) is 0. The van der Waals surface area contributed by atoms with Crippen LogP contribution >= 0.6 is 0 Å². The lowest BCUT2D eigenvalue weighted by atomic mass is 9.93. The fourth-order valence-corrected chi connectivity index (χ4v) is 2.47. The largest absolute Gasteiger partial charge is 0.573 e. The van der Waals surface area contributed by atoms with Crippen molar-refractivity contribution in [2.24, 2.45) is 5.16 Å². The molecule has 7 heteroatoms. The Bertz CT molecular complexity index is 519. The predicted octanol–water partition coefficient (Wildman–Crippen LogP) is 2.44. The Morgan fingerprint density at radius 2 is 2.00 bits per heavy atom. The molecule has 0 aliphatic carbocycles. The van der Waals surface area contributed by atoms with Crippen LogP contribution in [0.15, 0.2) is 29.4 Å². The summed E-state index contributed by atoms with van der Waals surface area (Å²) < 4.78 is 40.0. The molecule has 2 heterocycles. The molecule has 1 saturated heterocycles. The van der Waals surface area contributed by atoms with E-state index >= 15 is 0 Å². The highest BCUT2D eigenvalue weighted by Gasteiger charge is 2.42. The van der Waals surface area contributed by atoms with E-state index in [0.29, 0.717) is 6.42 Å². The second-order valence-electron chi connectivity index (χ2n) is 4.99. The average molecular weight is 286 g/mol. The number of hydrogen-bond donors (Lipinski definition) is 1. The Kier molecular flexibility index (Phi) is 3.08. The number of halogens is 3. The van der Waals surface area contributed by atoms with E-state index in [0.717, 1.165) is 30.8 Å². The molecule has 1 atom stereocenters. The molecule has 3 rings (SSSR count). The first-order valence-electron chi connectivity index (χ1n) is 6.28. The van der Waals surface area contributed by atoms with Crippen molar-refractivity contribution < 1.29 is 22.7 Å². The maximum absolute atomic E-state index is 12.1. The van der Waals surface area contributed by atoms with Crippen molar-refractivity contribution in [2.45, 2.75) is 24.8 Å². The first-order chi connectivity index (χ1) is 9.46. The van der Waals surface area contributed by atoms with Crippen LogP contribution in [-0.4, -0.2) is 30.8 Å². The molecule has 1 N–H and O–H groups in total. The minimum Gasteiger partial charge on any atom is -0.406 e. The first kappa shape index (κ1) is 13.2. The monoisotopic (exact) mass is 286 g/mol. The number of rotatable bonds is 2. The lowest BCUT2D eigenvalue weighted by Gasteiger charge is -2.18. The van der Waals surface area contributed by atoms with Gasteiger partial charge in [-0.2, -0.15) is 0 Å². The molecule has 1 unspecified atom stereocenters. The van der Waals surface area contributed by atoms with E-state index in [1.54, 1.807) is 12.1 Å². The molecule has 0 radical (unpaired) electrons. The van der Waals surface area contributed by atoms with Crippen molar-refractivity contribution in [3.63, 3.8) is 0 Å². The topological polar surface area (TPSA) is 42.9 Å². The summed E-state index contributed by atoms with van der Waals surface area (Å²) in [5, 5.41) is 7.28. The van der Waals surface area contributed by atoms with Crippen LogP contribution in [-0.2, 0) is 4.84 Å². The zero-order valence-corrected chi connectivity index (χ0v) is 10.5. The number of hydrogen-bond acceptors (Lipinski definition) is 4. The molecule has 0 saturated carbocycles. The van der Waals surface area contributed by atoms with Crippen LogP contribution in [0.2, 0.25) is 0 Å². The lowest BCUT2D eigenvalue weighted by molar-refractivity contribution is -0.274. The van der Waals surface area contributed by atoms with E-state index in [2.05, 4.69) is 15.2 Å². The Balaban J connectivity index is 1.69. The smallest absolute Gasteiger partial charge is 0.406 e. The quantitative estimate of drug-likeness (QED) is 0.908. The van der Waals surface area contributed by atoms with Crippen LogP contribution in [0.25, 0.3) is 0 Å². The van der Waals surface area contributed by atoms with Gasteiger partial charge in [0.25, 0.3) is 0 Å². The minimum absolute atomic E-state index is 0.238. The zero-order chi connectivity index (χ0) is 14.2. The number of benzene rings is 1. The number of oxime groups is 1. The number of ether oxygens (including phenoxy) is 1. The van der Waals surface area contributed by atoms with Gasteiger partial charge in [-0.3, -0.25) is 0 Å². The second-order valence-corrected chi connectivity index (χ2v) is 4.99. The van der Waals surface area contributed by atoms with Gasteiger partial charge in [-0.15, -0.1) is 13.2 Å². The van der Waals surface area contributed by atoms with Crippen LogP contribution in [0.1, 0.15) is 18.4 Å². The maximum Gasteiger partial charge on any atom is 0.573 e. The normalized spacial score (nSPS) is 25.6. The molecule has 2 aliphatic rings. The Morgan fingerprint density at radius 3 is 2.60 bits per heavy atom. The van der Waals surface area contributed by atoms with Crippen molar-refractivity contribution in [1.82, 2.24) is 5.32 Å². The van der Waals surface area contributed by atoms with Crippen LogP contribution in [0, 0.1) is 0 Å². The third kappa shape index (κ3) is 2.72. The van der Waals surface area contributed by atoms with Crippen LogP contribution in [0.5, 0.6) is 5.75 Å². The Labute approximate surface area is 113 Å². The van der Waals surface area contributed by atoms with Gasteiger partial charge in [0, 0.05) is 19.4 Å². The third-order valence-corrected chi connectivity index (χ3v) is 3.46. The van der Waals surface area contributed by atoms with Crippen molar-refractivity contribution in [1.29, 1.82) is 0 Å². The summed E-state index contributed by atoms with van der Waals surface area (Å²) in [6.45, 7) is 1.64. The number of nitrogens with one attached hydrogen (secondary N) is 1. The van der Waals surface area contributed by atoms with Gasteiger partial charge in [-0.05, 0) is 36.4 Å². The highest BCUT2D eigenvalue weighted by Crippen LogP contribution is 2.32. The predicted molar refractivity (Wildman–Crippen MR) is 65.6 cm³/mol. The summed E-state index contributed by atoms with van der Waals surface area (Å²) >= 11 is 0. The fourth-order valence-electron chi connectivity index (χ4n) is 2.47. The summed E-state index contributed by atoms with van der Waals surface area (Å²) in [5.74, 6) is -0.238. The van der Waals surface area contributed by atoms with E-state index in [1.165, 1.54) is 12.1 Å². The fraction of sp³-hybridized carbons (Fsp3) is 0.462. The van der Waals surface area contributed by atoms with Gasteiger partial charge >= 0.3 is 6.36 Å². The highest BCUT2D eigenvalue weighted by molar-refractivity contribution is 6.01. The van der Waals surface area contributed by atoms with Crippen LogP contribution in [0.3, 0.4) is 0 Å². The number of nitrogens with zero attached hydrogens (tertiary/aromatic N) is 1. The Hall–Kier alpha value is -1.76. The van der Waals surface area contributed by atoms with Gasteiger partial charge in [0.1, 0.15) is 5.75 Å². The summed E-state index contributed by atoms with van der Waals surface area (Å²) in [5.41, 5.74) is 1.23. The zero-order valence-electron chi connectivity index (χ0n) is 10.5.